The highest BCUT2D eigenvalue weighted by molar-refractivity contribution is 7.11. The lowest BCUT2D eigenvalue weighted by Crippen LogP contribution is -2.16. The van der Waals surface area contributed by atoms with Gasteiger partial charge < -0.3 is 5.32 Å². The molecule has 19 heavy (non-hydrogen) atoms. The van der Waals surface area contributed by atoms with Crippen LogP contribution >= 0.6 is 22.9 Å². The molecule has 0 bridgehead atoms. The average molecular weight is 299 g/mol. The first kappa shape index (κ1) is 14.4. The number of hydrogen-bond acceptors (Lipinski definition) is 3. The molecule has 2 aromatic rings. The van der Waals surface area contributed by atoms with Crippen LogP contribution in [0.1, 0.15) is 35.3 Å². The molecule has 1 unspecified atom stereocenters. The second-order valence-electron chi connectivity index (χ2n) is 4.31. The van der Waals surface area contributed by atoms with E-state index in [9.17, 15) is 4.39 Å². The molecule has 2 nitrogen and oxygen atoms in total. The van der Waals surface area contributed by atoms with Crippen molar-refractivity contribution in [3.05, 3.63) is 50.7 Å². The van der Waals surface area contributed by atoms with Crippen molar-refractivity contribution in [3.63, 3.8) is 0 Å². The van der Waals surface area contributed by atoms with Gasteiger partial charge in [-0.3, -0.25) is 0 Å². The Hall–Kier alpha value is -0.970. The van der Waals surface area contributed by atoms with Gasteiger partial charge in [0.2, 0.25) is 0 Å². The minimum atomic E-state index is -0.274. The van der Waals surface area contributed by atoms with Gasteiger partial charge in [0.1, 0.15) is 5.82 Å². The topological polar surface area (TPSA) is 24.9 Å². The van der Waals surface area contributed by atoms with E-state index in [0.717, 1.165) is 16.4 Å². The molecule has 1 heterocycles. The van der Waals surface area contributed by atoms with Gasteiger partial charge in [-0.1, -0.05) is 24.6 Å². The van der Waals surface area contributed by atoms with Crippen molar-refractivity contribution in [1.82, 2.24) is 10.3 Å². The maximum atomic E-state index is 13.7. The second-order valence-corrected chi connectivity index (χ2v) is 5.87. The van der Waals surface area contributed by atoms with Gasteiger partial charge in [0.25, 0.3) is 0 Å². The van der Waals surface area contributed by atoms with Crippen molar-refractivity contribution >= 4 is 22.9 Å². The highest BCUT2D eigenvalue weighted by Gasteiger charge is 2.12. The summed E-state index contributed by atoms with van der Waals surface area (Å²) in [5.41, 5.74) is 0.515. The van der Waals surface area contributed by atoms with Crippen LogP contribution in [0.25, 0.3) is 0 Å². The SMILES string of the molecule is CCNC(C)c1cnc(Cc2c(F)cccc2Cl)s1. The molecule has 0 fully saturated rings. The molecule has 102 valence electrons. The highest BCUT2D eigenvalue weighted by Crippen LogP contribution is 2.26. The minimum Gasteiger partial charge on any atom is -0.310 e. The summed E-state index contributed by atoms with van der Waals surface area (Å²) in [5, 5.41) is 4.67. The number of rotatable bonds is 5. The van der Waals surface area contributed by atoms with Crippen LogP contribution in [0.15, 0.2) is 24.4 Å². The summed E-state index contributed by atoms with van der Waals surface area (Å²) in [4.78, 5) is 5.51. The summed E-state index contributed by atoms with van der Waals surface area (Å²) >= 11 is 7.62. The Balaban J connectivity index is 2.16. The standard InChI is InChI=1S/C14H16ClFN2S/c1-3-17-9(2)13-8-18-14(19-13)7-10-11(15)5-4-6-12(10)16/h4-6,8-9,17H,3,7H2,1-2H3. The van der Waals surface area contributed by atoms with Gasteiger partial charge >= 0.3 is 0 Å². The van der Waals surface area contributed by atoms with Gasteiger partial charge in [0.05, 0.1) is 5.01 Å². The first-order chi connectivity index (χ1) is 9.11. The fourth-order valence-electron chi connectivity index (χ4n) is 1.87. The van der Waals surface area contributed by atoms with E-state index in [1.807, 2.05) is 6.20 Å². The zero-order chi connectivity index (χ0) is 13.8. The number of nitrogens with one attached hydrogen (secondary N) is 1. The van der Waals surface area contributed by atoms with Crippen molar-refractivity contribution in [2.45, 2.75) is 26.3 Å². The van der Waals surface area contributed by atoms with Gasteiger partial charge in [0.15, 0.2) is 0 Å². The number of benzene rings is 1. The van der Waals surface area contributed by atoms with Gasteiger partial charge in [-0.15, -0.1) is 11.3 Å². The molecular weight excluding hydrogens is 283 g/mol. The summed E-state index contributed by atoms with van der Waals surface area (Å²) in [6.07, 6.45) is 2.29. The van der Waals surface area contributed by atoms with Crippen LogP contribution in [-0.4, -0.2) is 11.5 Å². The number of thiazole rings is 1. The first-order valence-corrected chi connectivity index (χ1v) is 7.42. The van der Waals surface area contributed by atoms with Crippen molar-refractivity contribution in [3.8, 4) is 0 Å². The summed E-state index contributed by atoms with van der Waals surface area (Å²) in [5.74, 6) is -0.274. The third-order valence-corrected chi connectivity index (χ3v) is 4.43. The van der Waals surface area contributed by atoms with E-state index in [4.69, 9.17) is 11.6 Å². The van der Waals surface area contributed by atoms with Crippen molar-refractivity contribution in [1.29, 1.82) is 0 Å². The number of aromatic nitrogens is 1. The Kier molecular flexibility index (Phi) is 4.91. The third kappa shape index (κ3) is 3.53. The summed E-state index contributed by atoms with van der Waals surface area (Å²) in [6, 6.07) is 5.02. The van der Waals surface area contributed by atoms with Crippen molar-refractivity contribution in [2.75, 3.05) is 6.54 Å². The van der Waals surface area contributed by atoms with E-state index in [0.29, 0.717) is 17.0 Å². The second kappa shape index (κ2) is 6.46. The van der Waals surface area contributed by atoms with Gasteiger partial charge in [-0.25, -0.2) is 9.37 Å². The lowest BCUT2D eigenvalue weighted by molar-refractivity contribution is 0.606. The fraction of sp³-hybridized carbons (Fsp3) is 0.357. The van der Waals surface area contributed by atoms with Gasteiger partial charge in [-0.05, 0) is 25.6 Å². The molecule has 5 heteroatoms. The van der Waals surface area contributed by atoms with Crippen LogP contribution in [0.3, 0.4) is 0 Å². The van der Waals surface area contributed by atoms with Crippen LogP contribution in [-0.2, 0) is 6.42 Å². The van der Waals surface area contributed by atoms with E-state index in [-0.39, 0.29) is 11.9 Å². The molecule has 0 aliphatic carbocycles. The van der Waals surface area contributed by atoms with Crippen LogP contribution in [0.2, 0.25) is 5.02 Å². The van der Waals surface area contributed by atoms with Crippen molar-refractivity contribution in [2.24, 2.45) is 0 Å². The molecule has 0 spiro atoms. The molecule has 0 aliphatic rings. The Labute approximate surface area is 121 Å². The molecule has 0 aliphatic heterocycles. The Bertz CT molecular complexity index is 536. The molecule has 0 amide bonds. The zero-order valence-electron chi connectivity index (χ0n) is 10.9. The van der Waals surface area contributed by atoms with E-state index in [1.54, 1.807) is 23.5 Å². The maximum absolute atomic E-state index is 13.7. The van der Waals surface area contributed by atoms with Crippen LogP contribution < -0.4 is 5.32 Å². The monoisotopic (exact) mass is 298 g/mol. The summed E-state index contributed by atoms with van der Waals surface area (Å²) < 4.78 is 13.7. The normalized spacial score (nSPS) is 12.6. The van der Waals surface area contributed by atoms with E-state index in [1.165, 1.54) is 6.07 Å². The van der Waals surface area contributed by atoms with E-state index >= 15 is 0 Å². The molecule has 1 N–H and O–H groups in total. The predicted molar refractivity (Wildman–Crippen MR) is 78.4 cm³/mol. The van der Waals surface area contributed by atoms with Crippen LogP contribution in [0, 0.1) is 5.82 Å². The smallest absolute Gasteiger partial charge is 0.128 e. The largest absolute Gasteiger partial charge is 0.310 e. The van der Waals surface area contributed by atoms with Gasteiger partial charge in [-0.2, -0.15) is 0 Å². The summed E-state index contributed by atoms with van der Waals surface area (Å²) in [6.45, 7) is 5.07. The molecule has 0 radical (unpaired) electrons. The third-order valence-electron chi connectivity index (χ3n) is 2.90. The molecule has 1 aromatic heterocycles. The number of nitrogens with zero attached hydrogens (tertiary/aromatic N) is 1. The van der Waals surface area contributed by atoms with E-state index < -0.39 is 0 Å². The Morgan fingerprint density at radius 3 is 2.95 bits per heavy atom. The predicted octanol–water partition coefficient (Wildman–Crippen LogP) is 4.20. The number of halogens is 2. The molecule has 2 rings (SSSR count). The molecular formula is C14H16ClFN2S. The minimum absolute atomic E-state index is 0.271. The number of hydrogen-bond donors (Lipinski definition) is 1. The quantitative estimate of drug-likeness (QED) is 0.895. The maximum Gasteiger partial charge on any atom is 0.128 e. The lowest BCUT2D eigenvalue weighted by atomic mass is 10.1. The van der Waals surface area contributed by atoms with Gasteiger partial charge in [0, 0.05) is 34.1 Å². The highest BCUT2D eigenvalue weighted by atomic mass is 35.5. The average Bonchev–Trinajstić information content (AvgIpc) is 2.83. The van der Waals surface area contributed by atoms with E-state index in [2.05, 4.69) is 24.1 Å². The molecule has 0 saturated carbocycles. The zero-order valence-corrected chi connectivity index (χ0v) is 12.5. The fourth-order valence-corrected chi connectivity index (χ4v) is 3.05. The molecule has 1 aromatic carbocycles. The van der Waals surface area contributed by atoms with Crippen LogP contribution in [0.4, 0.5) is 4.39 Å². The lowest BCUT2D eigenvalue weighted by Gasteiger charge is -2.08. The van der Waals surface area contributed by atoms with Crippen LogP contribution in [0.5, 0.6) is 0 Å². The summed E-state index contributed by atoms with van der Waals surface area (Å²) in [7, 11) is 0. The Morgan fingerprint density at radius 2 is 2.26 bits per heavy atom. The Morgan fingerprint density at radius 1 is 1.47 bits per heavy atom. The molecule has 0 saturated heterocycles. The van der Waals surface area contributed by atoms with Crippen molar-refractivity contribution < 1.29 is 4.39 Å². The molecule has 1 atom stereocenters. The first-order valence-electron chi connectivity index (χ1n) is 6.22.